The van der Waals surface area contributed by atoms with Crippen molar-refractivity contribution in [1.29, 1.82) is 5.26 Å². The Bertz CT molecular complexity index is 1330. The highest BCUT2D eigenvalue weighted by molar-refractivity contribution is 7.91. The Morgan fingerprint density at radius 2 is 1.69 bits per heavy atom. The summed E-state index contributed by atoms with van der Waals surface area (Å²) >= 11 is 0.732. The van der Waals surface area contributed by atoms with Crippen molar-refractivity contribution in [2.45, 2.75) is 25.4 Å². The van der Waals surface area contributed by atoms with Crippen molar-refractivity contribution in [2.75, 3.05) is 24.3 Å². The average Bonchev–Trinajstić information content (AvgIpc) is 3.33. The van der Waals surface area contributed by atoms with Crippen LogP contribution >= 0.6 is 11.5 Å². The molecule has 0 aliphatic rings. The normalized spacial score (nSPS) is 11.5. The molecule has 3 aromatic rings. The number of ether oxygens (including phenoxy) is 2. The van der Waals surface area contributed by atoms with Crippen LogP contribution in [0.15, 0.2) is 59.3 Å². The van der Waals surface area contributed by atoms with Crippen molar-refractivity contribution >= 4 is 38.5 Å². The van der Waals surface area contributed by atoms with Crippen LogP contribution in [-0.4, -0.2) is 42.6 Å². The molecule has 0 saturated carbocycles. The highest BCUT2D eigenvalue weighted by atomic mass is 32.2. The predicted molar refractivity (Wildman–Crippen MR) is 133 cm³/mol. The summed E-state index contributed by atoms with van der Waals surface area (Å²) in [6.07, 6.45) is 2.13. The molecular formula is C24H24N4O5S2. The number of amides is 1. The molecule has 0 saturated heterocycles. The Balaban J connectivity index is 1.50. The van der Waals surface area contributed by atoms with Gasteiger partial charge in [0, 0.05) is 18.0 Å². The summed E-state index contributed by atoms with van der Waals surface area (Å²) in [6, 6.07) is 16.6. The fraction of sp³-hybridized carbons (Fsp3) is 0.250. The van der Waals surface area contributed by atoms with E-state index in [9.17, 15) is 18.5 Å². The Kier molecular flexibility index (Phi) is 8.94. The SMILES string of the molecule is CCS(=O)(=O)c1nsc(NC(=O)C(C#N)=Cc2ccc(OCCCOc3ccc(C)cc3)cc2)n1. The first kappa shape index (κ1) is 25.9. The Hall–Kier alpha value is -3.75. The second kappa shape index (κ2) is 12.1. The van der Waals surface area contributed by atoms with E-state index < -0.39 is 15.7 Å². The molecule has 0 bridgehead atoms. The van der Waals surface area contributed by atoms with Crippen LogP contribution in [0.2, 0.25) is 0 Å². The van der Waals surface area contributed by atoms with Gasteiger partial charge in [-0.05, 0) is 42.8 Å². The molecule has 1 heterocycles. The van der Waals surface area contributed by atoms with E-state index >= 15 is 0 Å². The molecule has 0 atom stereocenters. The summed E-state index contributed by atoms with van der Waals surface area (Å²) in [5.41, 5.74) is 1.64. The molecule has 2 aromatic carbocycles. The van der Waals surface area contributed by atoms with E-state index in [1.54, 1.807) is 24.3 Å². The van der Waals surface area contributed by atoms with Crippen molar-refractivity contribution in [3.63, 3.8) is 0 Å². The Labute approximate surface area is 208 Å². The van der Waals surface area contributed by atoms with Gasteiger partial charge in [-0.3, -0.25) is 10.1 Å². The summed E-state index contributed by atoms with van der Waals surface area (Å²) in [5.74, 6) is 0.611. The first-order valence-electron chi connectivity index (χ1n) is 10.7. The maximum atomic E-state index is 12.4. The van der Waals surface area contributed by atoms with Crippen LogP contribution in [0.25, 0.3) is 6.08 Å². The lowest BCUT2D eigenvalue weighted by Crippen LogP contribution is -2.13. The molecule has 0 aliphatic heterocycles. The van der Waals surface area contributed by atoms with E-state index in [-0.39, 0.29) is 21.6 Å². The lowest BCUT2D eigenvalue weighted by Gasteiger charge is -2.08. The lowest BCUT2D eigenvalue weighted by atomic mass is 10.1. The van der Waals surface area contributed by atoms with Crippen LogP contribution in [0.4, 0.5) is 5.13 Å². The van der Waals surface area contributed by atoms with E-state index in [1.807, 2.05) is 37.3 Å². The third-order valence-corrected chi connectivity index (χ3v) is 6.93. The summed E-state index contributed by atoms with van der Waals surface area (Å²) in [7, 11) is -3.58. The number of nitrogens with zero attached hydrogens (tertiary/aromatic N) is 3. The molecule has 0 radical (unpaired) electrons. The molecule has 3 rings (SSSR count). The zero-order valence-electron chi connectivity index (χ0n) is 19.2. The molecule has 182 valence electrons. The number of benzene rings is 2. The number of hydrogen-bond donors (Lipinski definition) is 1. The maximum absolute atomic E-state index is 12.4. The largest absolute Gasteiger partial charge is 0.493 e. The number of nitriles is 1. The van der Waals surface area contributed by atoms with Crippen LogP contribution in [-0.2, 0) is 14.6 Å². The summed E-state index contributed by atoms with van der Waals surface area (Å²) < 4.78 is 38.8. The average molecular weight is 513 g/mol. The highest BCUT2D eigenvalue weighted by Gasteiger charge is 2.20. The molecule has 9 nitrogen and oxygen atoms in total. The van der Waals surface area contributed by atoms with Crippen LogP contribution in [0.1, 0.15) is 24.5 Å². The van der Waals surface area contributed by atoms with E-state index in [0.29, 0.717) is 30.9 Å². The van der Waals surface area contributed by atoms with Gasteiger partial charge in [-0.2, -0.15) is 14.6 Å². The molecule has 0 unspecified atom stereocenters. The molecule has 0 aliphatic carbocycles. The van der Waals surface area contributed by atoms with Crippen LogP contribution in [0.3, 0.4) is 0 Å². The predicted octanol–water partition coefficient (Wildman–Crippen LogP) is 4.03. The van der Waals surface area contributed by atoms with Gasteiger partial charge >= 0.3 is 0 Å². The second-order valence-corrected chi connectivity index (χ2v) is 10.3. The molecule has 1 amide bonds. The van der Waals surface area contributed by atoms with E-state index in [2.05, 4.69) is 14.7 Å². The molecule has 0 fully saturated rings. The van der Waals surface area contributed by atoms with Crippen molar-refractivity contribution in [1.82, 2.24) is 9.36 Å². The third kappa shape index (κ3) is 7.63. The van der Waals surface area contributed by atoms with E-state index in [1.165, 1.54) is 18.6 Å². The van der Waals surface area contributed by atoms with Crippen LogP contribution in [0.5, 0.6) is 11.5 Å². The maximum Gasteiger partial charge on any atom is 0.268 e. The first-order valence-corrected chi connectivity index (χ1v) is 13.1. The fourth-order valence-corrected chi connectivity index (χ4v) is 4.31. The van der Waals surface area contributed by atoms with Crippen LogP contribution in [0, 0.1) is 18.3 Å². The second-order valence-electron chi connectivity index (χ2n) is 7.34. The zero-order valence-corrected chi connectivity index (χ0v) is 20.9. The minimum absolute atomic E-state index is 0.00159. The summed E-state index contributed by atoms with van der Waals surface area (Å²) in [4.78, 5) is 16.2. The Morgan fingerprint density at radius 1 is 1.09 bits per heavy atom. The number of hydrogen-bond acceptors (Lipinski definition) is 9. The third-order valence-electron chi connectivity index (χ3n) is 4.69. The molecular weight excluding hydrogens is 488 g/mol. The van der Waals surface area contributed by atoms with E-state index in [0.717, 1.165) is 17.3 Å². The number of carbonyl (C=O) groups is 1. The van der Waals surface area contributed by atoms with E-state index in [4.69, 9.17) is 9.47 Å². The molecule has 0 spiro atoms. The summed E-state index contributed by atoms with van der Waals surface area (Å²) in [6.45, 7) is 4.51. The van der Waals surface area contributed by atoms with Gasteiger partial charge in [0.05, 0.1) is 19.0 Å². The van der Waals surface area contributed by atoms with Gasteiger partial charge in [-0.1, -0.05) is 36.8 Å². The smallest absolute Gasteiger partial charge is 0.268 e. The van der Waals surface area contributed by atoms with Gasteiger partial charge in [0.2, 0.25) is 15.0 Å². The van der Waals surface area contributed by atoms with Crippen molar-refractivity contribution in [3.8, 4) is 17.6 Å². The number of carbonyl (C=O) groups excluding carboxylic acids is 1. The monoisotopic (exact) mass is 512 g/mol. The first-order chi connectivity index (χ1) is 16.8. The van der Waals surface area contributed by atoms with Crippen molar-refractivity contribution < 1.29 is 22.7 Å². The molecule has 35 heavy (non-hydrogen) atoms. The van der Waals surface area contributed by atoms with Crippen molar-refractivity contribution in [3.05, 3.63) is 65.2 Å². The fourth-order valence-electron chi connectivity index (χ4n) is 2.73. The van der Waals surface area contributed by atoms with Gasteiger partial charge < -0.3 is 9.47 Å². The van der Waals surface area contributed by atoms with Gasteiger partial charge in [-0.15, -0.1) is 0 Å². The number of anilines is 1. The molecule has 1 N–H and O–H groups in total. The van der Waals surface area contributed by atoms with Gasteiger partial charge in [-0.25, -0.2) is 8.42 Å². The molecule has 1 aromatic heterocycles. The summed E-state index contributed by atoms with van der Waals surface area (Å²) in [5, 5.41) is 11.4. The molecule has 11 heteroatoms. The Morgan fingerprint density at radius 3 is 2.26 bits per heavy atom. The number of sulfone groups is 1. The quantitative estimate of drug-likeness (QED) is 0.231. The number of aromatic nitrogens is 2. The standard InChI is InChI=1S/C24H24N4O5S2/c1-3-35(30,31)24-27-23(34-28-24)26-22(29)19(16-25)15-18-7-11-21(12-8-18)33-14-4-13-32-20-9-5-17(2)6-10-20/h5-12,15H,3-4,13-14H2,1-2H3,(H,26,27,28,29). The zero-order chi connectivity index (χ0) is 25.3. The number of nitrogens with one attached hydrogen (secondary N) is 1. The topological polar surface area (TPSA) is 131 Å². The van der Waals surface area contributed by atoms with Gasteiger partial charge in [0.1, 0.15) is 23.1 Å². The van der Waals surface area contributed by atoms with Gasteiger partial charge in [0.25, 0.3) is 11.1 Å². The number of rotatable bonds is 11. The highest BCUT2D eigenvalue weighted by Crippen LogP contribution is 2.19. The number of aryl methyl sites for hydroxylation is 1. The lowest BCUT2D eigenvalue weighted by molar-refractivity contribution is -0.112. The minimum atomic E-state index is -3.58. The van der Waals surface area contributed by atoms with Crippen LogP contribution < -0.4 is 14.8 Å². The van der Waals surface area contributed by atoms with Gasteiger partial charge in [0.15, 0.2) is 0 Å². The van der Waals surface area contributed by atoms with Crippen molar-refractivity contribution in [2.24, 2.45) is 0 Å². The minimum Gasteiger partial charge on any atom is -0.493 e.